The third kappa shape index (κ3) is 5.04. The largest absolute Gasteiger partial charge is 0.258 e. The van der Waals surface area contributed by atoms with Crippen LogP contribution in [0.3, 0.4) is 0 Å². The number of unbranched alkanes of at least 4 members (excludes halogenated alkanes) is 1. The van der Waals surface area contributed by atoms with Gasteiger partial charge in [-0.1, -0.05) is 13.8 Å². The first kappa shape index (κ1) is 14.8. The van der Waals surface area contributed by atoms with Crippen LogP contribution in [0.25, 0.3) is 0 Å². The number of hydrogen-bond donors (Lipinski definition) is 0. The van der Waals surface area contributed by atoms with E-state index in [9.17, 15) is 4.21 Å². The number of halogens is 1. The predicted octanol–water partition coefficient (Wildman–Crippen LogP) is 3.63. The van der Waals surface area contributed by atoms with Gasteiger partial charge in [0.1, 0.15) is 0 Å². The van der Waals surface area contributed by atoms with Crippen LogP contribution in [-0.4, -0.2) is 25.7 Å². The summed E-state index contributed by atoms with van der Waals surface area (Å²) >= 11 is 7.46. The van der Waals surface area contributed by atoms with Gasteiger partial charge in [-0.3, -0.25) is 4.21 Å². The van der Waals surface area contributed by atoms with E-state index in [1.807, 2.05) is 18.7 Å². The summed E-state index contributed by atoms with van der Waals surface area (Å²) in [7, 11) is -0.714. The number of alkyl halides is 1. The van der Waals surface area contributed by atoms with Crippen molar-refractivity contribution in [2.24, 2.45) is 0 Å². The van der Waals surface area contributed by atoms with Crippen LogP contribution in [0.5, 0.6) is 0 Å². The molecule has 2 unspecified atom stereocenters. The van der Waals surface area contributed by atoms with E-state index in [2.05, 4.69) is 13.8 Å². The minimum absolute atomic E-state index is 0.0600. The van der Waals surface area contributed by atoms with Crippen LogP contribution in [0, 0.1) is 0 Å². The fourth-order valence-electron chi connectivity index (χ4n) is 1.40. The van der Waals surface area contributed by atoms with Gasteiger partial charge >= 0.3 is 0 Å². The highest BCUT2D eigenvalue weighted by Gasteiger charge is 2.29. The summed E-state index contributed by atoms with van der Waals surface area (Å²) in [4.78, 5) is 0. The maximum absolute atomic E-state index is 11.9. The molecule has 0 aliphatic heterocycles. The van der Waals surface area contributed by atoms with Crippen molar-refractivity contribution in [3.8, 4) is 0 Å². The molecule has 0 rings (SSSR count). The lowest BCUT2D eigenvalue weighted by Gasteiger charge is -2.27. The molecule has 0 bridgehead atoms. The van der Waals surface area contributed by atoms with Crippen LogP contribution in [0.1, 0.15) is 40.0 Å². The first-order valence-electron chi connectivity index (χ1n) is 5.19. The van der Waals surface area contributed by atoms with Crippen molar-refractivity contribution in [1.29, 1.82) is 0 Å². The Morgan fingerprint density at radius 2 is 2.00 bits per heavy atom. The van der Waals surface area contributed by atoms with E-state index in [1.54, 1.807) is 0 Å². The van der Waals surface area contributed by atoms with Crippen LogP contribution < -0.4 is 0 Å². The molecule has 4 heteroatoms. The first-order chi connectivity index (χ1) is 6.60. The van der Waals surface area contributed by atoms with E-state index in [0.717, 1.165) is 30.8 Å². The molecule has 14 heavy (non-hydrogen) atoms. The Bertz CT molecular complexity index is 176. The van der Waals surface area contributed by atoms with Crippen LogP contribution in [0.4, 0.5) is 0 Å². The Hall–Kier alpha value is 0.790. The summed E-state index contributed by atoms with van der Waals surface area (Å²) in [6.45, 7) is 6.23. The van der Waals surface area contributed by atoms with Gasteiger partial charge in [-0.15, -0.1) is 23.4 Å². The van der Waals surface area contributed by atoms with Gasteiger partial charge in [0.15, 0.2) is 0 Å². The fraction of sp³-hybridized carbons (Fsp3) is 1.00. The molecule has 2 atom stereocenters. The van der Waals surface area contributed by atoms with Gasteiger partial charge < -0.3 is 0 Å². The van der Waals surface area contributed by atoms with E-state index in [1.165, 1.54) is 0 Å². The second kappa shape index (κ2) is 8.00. The van der Waals surface area contributed by atoms with E-state index in [-0.39, 0.29) is 4.08 Å². The topological polar surface area (TPSA) is 17.1 Å². The van der Waals surface area contributed by atoms with E-state index >= 15 is 0 Å². The summed E-state index contributed by atoms with van der Waals surface area (Å²) in [5, 5.41) is 0. The number of thioether (sulfide) groups is 1. The molecule has 0 aromatic carbocycles. The van der Waals surface area contributed by atoms with Gasteiger partial charge in [-0.25, -0.2) is 0 Å². The maximum atomic E-state index is 11.9. The number of rotatable bonds is 8. The average Bonchev–Trinajstić information content (AvgIpc) is 2.17. The average molecular weight is 257 g/mol. The lowest BCUT2D eigenvalue weighted by atomic mass is 10.2. The van der Waals surface area contributed by atoms with Crippen LogP contribution >= 0.6 is 23.4 Å². The van der Waals surface area contributed by atoms with Crippen LogP contribution in [0.15, 0.2) is 0 Å². The first-order valence-corrected chi connectivity index (χ1v) is 8.03. The Labute approximate surface area is 99.8 Å². The lowest BCUT2D eigenvalue weighted by molar-refractivity contribution is 0.635. The number of hydrogen-bond acceptors (Lipinski definition) is 2. The highest BCUT2D eigenvalue weighted by molar-refractivity contribution is 8.12. The zero-order valence-electron chi connectivity index (χ0n) is 9.35. The van der Waals surface area contributed by atoms with Crippen molar-refractivity contribution in [1.82, 2.24) is 0 Å². The minimum atomic E-state index is -0.714. The van der Waals surface area contributed by atoms with Crippen LogP contribution in [0.2, 0.25) is 0 Å². The third-order valence-electron chi connectivity index (χ3n) is 2.21. The van der Waals surface area contributed by atoms with Crippen molar-refractivity contribution < 1.29 is 4.21 Å². The van der Waals surface area contributed by atoms with Crippen molar-refractivity contribution in [2.75, 3.05) is 17.4 Å². The maximum Gasteiger partial charge on any atom is 0.0880 e. The standard InChI is InChI=1S/C10H21ClOS2/c1-4-13-10(3,14(12)5-2)8-6-7-9-11/h4-9H2,1-3H3. The molecule has 0 saturated carbocycles. The highest BCUT2D eigenvalue weighted by atomic mass is 35.5. The third-order valence-corrected chi connectivity index (χ3v) is 6.18. The second-order valence-corrected chi connectivity index (χ2v) is 7.92. The molecule has 1 nitrogen and oxygen atoms in total. The highest BCUT2D eigenvalue weighted by Crippen LogP contribution is 2.34. The summed E-state index contributed by atoms with van der Waals surface area (Å²) < 4.78 is 11.8. The molecule has 0 aliphatic rings. The summed E-state index contributed by atoms with van der Waals surface area (Å²) in [6.07, 6.45) is 3.12. The lowest BCUT2D eigenvalue weighted by Crippen LogP contribution is -2.28. The molecular formula is C10H21ClOS2. The van der Waals surface area contributed by atoms with Gasteiger partial charge in [0.2, 0.25) is 0 Å². The smallest absolute Gasteiger partial charge is 0.0880 e. The molecule has 0 heterocycles. The van der Waals surface area contributed by atoms with Crippen molar-refractivity contribution in [3.63, 3.8) is 0 Å². The van der Waals surface area contributed by atoms with E-state index in [4.69, 9.17) is 11.6 Å². The van der Waals surface area contributed by atoms with E-state index < -0.39 is 10.8 Å². The Balaban J connectivity index is 4.16. The Morgan fingerprint density at radius 3 is 2.43 bits per heavy atom. The Kier molecular flexibility index (Phi) is 8.45. The van der Waals surface area contributed by atoms with Crippen molar-refractivity contribution >= 4 is 34.2 Å². The normalized spacial score (nSPS) is 17.7. The van der Waals surface area contributed by atoms with Gasteiger partial charge in [0, 0.05) is 22.4 Å². The molecule has 0 radical (unpaired) electrons. The van der Waals surface area contributed by atoms with Gasteiger partial charge in [0.05, 0.1) is 4.08 Å². The monoisotopic (exact) mass is 256 g/mol. The zero-order valence-corrected chi connectivity index (χ0v) is 11.7. The molecule has 0 fully saturated rings. The Morgan fingerprint density at radius 1 is 1.36 bits per heavy atom. The second-order valence-electron chi connectivity index (χ2n) is 3.35. The SMILES string of the molecule is CCSC(C)(CCCCCl)S(=O)CC. The molecule has 86 valence electrons. The molecular weight excluding hydrogens is 236 g/mol. The van der Waals surface area contributed by atoms with Crippen molar-refractivity contribution in [3.05, 3.63) is 0 Å². The van der Waals surface area contributed by atoms with E-state index in [0.29, 0.717) is 5.88 Å². The predicted molar refractivity (Wildman–Crippen MR) is 69.8 cm³/mol. The summed E-state index contributed by atoms with van der Waals surface area (Å²) in [6, 6.07) is 0. The molecule has 0 aromatic rings. The van der Waals surface area contributed by atoms with Gasteiger partial charge in [-0.2, -0.15) is 0 Å². The molecule has 0 amide bonds. The summed E-state index contributed by atoms with van der Waals surface area (Å²) in [5.41, 5.74) is 0. The molecule has 0 saturated heterocycles. The van der Waals surface area contributed by atoms with Gasteiger partial charge in [0.25, 0.3) is 0 Å². The zero-order chi connectivity index (χ0) is 11.0. The van der Waals surface area contributed by atoms with Gasteiger partial charge in [-0.05, 0) is 31.9 Å². The van der Waals surface area contributed by atoms with Crippen molar-refractivity contribution in [2.45, 2.75) is 44.1 Å². The molecule has 0 aromatic heterocycles. The summed E-state index contributed by atoms with van der Waals surface area (Å²) in [5.74, 6) is 2.50. The molecule has 0 spiro atoms. The molecule has 0 N–H and O–H groups in total. The van der Waals surface area contributed by atoms with Crippen LogP contribution in [-0.2, 0) is 10.8 Å². The quantitative estimate of drug-likeness (QED) is 0.487. The minimum Gasteiger partial charge on any atom is -0.258 e. The fourth-order valence-corrected chi connectivity index (χ4v) is 4.71. The molecule has 0 aliphatic carbocycles.